The highest BCUT2D eigenvalue weighted by Crippen LogP contribution is 2.38. The normalized spacial score (nSPS) is 18.2. The number of likely N-dealkylation sites (N-methyl/N-ethyl adjacent to an activating group) is 1. The summed E-state index contributed by atoms with van der Waals surface area (Å²) in [5.74, 6) is 0. The third kappa shape index (κ3) is 3.43. The number of hydrogen-bond donors (Lipinski definition) is 2. The molecule has 3 nitrogen and oxygen atoms in total. The van der Waals surface area contributed by atoms with E-state index in [1.54, 1.807) is 0 Å². The smallest absolute Gasteiger partial charge is 0.399 e. The van der Waals surface area contributed by atoms with Crippen LogP contribution in [0.4, 0.5) is 24.5 Å². The summed E-state index contributed by atoms with van der Waals surface area (Å²) >= 11 is 0. The van der Waals surface area contributed by atoms with E-state index in [-0.39, 0.29) is 16.9 Å². The van der Waals surface area contributed by atoms with E-state index >= 15 is 0 Å². The third-order valence-electron chi connectivity index (χ3n) is 4.44. The molecule has 0 bridgehead atoms. The Kier molecular flexibility index (Phi) is 4.37. The van der Waals surface area contributed by atoms with Crippen molar-refractivity contribution in [2.75, 3.05) is 31.7 Å². The van der Waals surface area contributed by atoms with Gasteiger partial charge in [-0.05, 0) is 45.1 Å². The zero-order valence-corrected chi connectivity index (χ0v) is 12.4. The Balaban J connectivity index is 2.20. The average molecular weight is 301 g/mol. The lowest BCUT2D eigenvalue weighted by molar-refractivity contribution is -0.136. The summed E-state index contributed by atoms with van der Waals surface area (Å²) in [6.07, 6.45) is -0.160. The Bertz CT molecular complexity index is 491. The van der Waals surface area contributed by atoms with Gasteiger partial charge in [0.05, 0.1) is 5.56 Å². The van der Waals surface area contributed by atoms with Gasteiger partial charge < -0.3 is 16.0 Å². The van der Waals surface area contributed by atoms with Crippen LogP contribution in [-0.2, 0) is 6.18 Å². The van der Waals surface area contributed by atoms with Gasteiger partial charge in [0.15, 0.2) is 0 Å². The molecule has 3 N–H and O–H groups in total. The van der Waals surface area contributed by atoms with Gasteiger partial charge in [0, 0.05) is 23.5 Å². The van der Waals surface area contributed by atoms with E-state index in [4.69, 9.17) is 5.73 Å². The molecule has 21 heavy (non-hydrogen) atoms. The average Bonchev–Trinajstić information content (AvgIpc) is 2.86. The maximum atomic E-state index is 13.1. The highest BCUT2D eigenvalue weighted by atomic mass is 19.4. The van der Waals surface area contributed by atoms with Crippen LogP contribution in [-0.4, -0.2) is 31.1 Å². The van der Waals surface area contributed by atoms with Crippen molar-refractivity contribution in [3.05, 3.63) is 23.8 Å². The highest BCUT2D eigenvalue weighted by molar-refractivity contribution is 5.59. The molecule has 6 heteroatoms. The number of nitrogens with one attached hydrogen (secondary N) is 1. The fraction of sp³-hybridized carbons (Fsp3) is 0.600. The molecule has 1 fully saturated rings. The number of nitrogens with zero attached hydrogens (tertiary/aromatic N) is 1. The number of benzene rings is 1. The Hall–Kier alpha value is -1.43. The second-order valence-corrected chi connectivity index (χ2v) is 5.98. The summed E-state index contributed by atoms with van der Waals surface area (Å²) in [5, 5.41) is 2.99. The van der Waals surface area contributed by atoms with Crippen LogP contribution >= 0.6 is 0 Å². The van der Waals surface area contributed by atoms with Crippen LogP contribution in [0, 0.1) is 0 Å². The molecule has 1 aliphatic rings. The topological polar surface area (TPSA) is 41.3 Å². The van der Waals surface area contributed by atoms with Crippen molar-refractivity contribution in [1.82, 2.24) is 4.90 Å². The van der Waals surface area contributed by atoms with Crippen LogP contribution in [0.15, 0.2) is 18.2 Å². The van der Waals surface area contributed by atoms with E-state index in [2.05, 4.69) is 10.2 Å². The number of anilines is 2. The third-order valence-corrected chi connectivity index (χ3v) is 4.44. The van der Waals surface area contributed by atoms with Gasteiger partial charge in [0.25, 0.3) is 0 Å². The van der Waals surface area contributed by atoms with E-state index in [9.17, 15) is 13.2 Å². The minimum absolute atomic E-state index is 0.0652. The quantitative estimate of drug-likeness (QED) is 0.835. The number of nitrogen functional groups attached to an aromatic ring is 1. The van der Waals surface area contributed by atoms with Gasteiger partial charge in [-0.25, -0.2) is 0 Å². The molecule has 0 aliphatic heterocycles. The highest BCUT2D eigenvalue weighted by Gasteiger charge is 2.37. The van der Waals surface area contributed by atoms with Crippen molar-refractivity contribution in [1.29, 1.82) is 0 Å². The van der Waals surface area contributed by atoms with Gasteiger partial charge in [-0.15, -0.1) is 0 Å². The van der Waals surface area contributed by atoms with Gasteiger partial charge in [-0.1, -0.05) is 12.8 Å². The fourth-order valence-corrected chi connectivity index (χ4v) is 3.03. The SMILES string of the molecule is CN(C)C1(CNc2ccc(N)cc2C(F)(F)F)CCCC1. The number of alkyl halides is 3. The lowest BCUT2D eigenvalue weighted by atomic mass is 9.95. The molecule has 0 aromatic heterocycles. The molecule has 2 rings (SSSR count). The Morgan fingerprint density at radius 2 is 1.86 bits per heavy atom. The van der Waals surface area contributed by atoms with E-state index < -0.39 is 11.7 Å². The minimum Gasteiger partial charge on any atom is -0.399 e. The molecule has 0 heterocycles. The summed E-state index contributed by atoms with van der Waals surface area (Å²) in [5.41, 5.74) is 4.94. The van der Waals surface area contributed by atoms with Crippen LogP contribution in [0.1, 0.15) is 31.2 Å². The summed E-state index contributed by atoms with van der Waals surface area (Å²) in [6, 6.07) is 3.89. The zero-order chi connectivity index (χ0) is 15.7. The predicted octanol–water partition coefficient (Wildman–Crippen LogP) is 3.57. The van der Waals surface area contributed by atoms with E-state index in [1.165, 1.54) is 12.1 Å². The van der Waals surface area contributed by atoms with Crippen molar-refractivity contribution >= 4 is 11.4 Å². The first-order chi connectivity index (χ1) is 9.74. The van der Waals surface area contributed by atoms with Crippen molar-refractivity contribution in [3.63, 3.8) is 0 Å². The molecule has 1 aromatic carbocycles. The van der Waals surface area contributed by atoms with Crippen LogP contribution in [0.5, 0.6) is 0 Å². The first kappa shape index (κ1) is 15.9. The first-order valence-electron chi connectivity index (χ1n) is 7.13. The molecule has 0 atom stereocenters. The first-order valence-corrected chi connectivity index (χ1v) is 7.13. The van der Waals surface area contributed by atoms with E-state index in [1.807, 2.05) is 14.1 Å². The minimum atomic E-state index is -4.40. The van der Waals surface area contributed by atoms with E-state index in [0.717, 1.165) is 31.7 Å². The molecule has 0 unspecified atom stereocenters. The summed E-state index contributed by atoms with van der Waals surface area (Å²) in [6.45, 7) is 0.507. The molecule has 0 saturated heterocycles. The van der Waals surface area contributed by atoms with Crippen molar-refractivity contribution in [3.8, 4) is 0 Å². The van der Waals surface area contributed by atoms with Crippen molar-refractivity contribution in [2.24, 2.45) is 0 Å². The Morgan fingerprint density at radius 3 is 2.38 bits per heavy atom. The van der Waals surface area contributed by atoms with Gasteiger partial charge in [-0.3, -0.25) is 0 Å². The lowest BCUT2D eigenvalue weighted by Gasteiger charge is -2.37. The van der Waals surface area contributed by atoms with Gasteiger partial charge in [0.2, 0.25) is 0 Å². The van der Waals surface area contributed by atoms with Crippen LogP contribution in [0.3, 0.4) is 0 Å². The largest absolute Gasteiger partial charge is 0.418 e. The maximum absolute atomic E-state index is 13.1. The van der Waals surface area contributed by atoms with Crippen LogP contribution < -0.4 is 11.1 Å². The molecule has 1 saturated carbocycles. The second-order valence-electron chi connectivity index (χ2n) is 5.98. The fourth-order valence-electron chi connectivity index (χ4n) is 3.03. The van der Waals surface area contributed by atoms with Gasteiger partial charge in [-0.2, -0.15) is 13.2 Å². The second kappa shape index (κ2) is 5.75. The standard InChI is InChI=1S/C15H22F3N3/c1-21(2)14(7-3-4-8-14)10-20-13-6-5-11(19)9-12(13)15(16,17)18/h5-6,9,20H,3-4,7-8,10,19H2,1-2H3. The molecule has 1 aromatic rings. The molecular formula is C15H22F3N3. The van der Waals surface area contributed by atoms with Gasteiger partial charge >= 0.3 is 6.18 Å². The molecule has 0 amide bonds. The summed E-state index contributed by atoms with van der Waals surface area (Å²) in [4.78, 5) is 2.12. The molecule has 0 spiro atoms. The maximum Gasteiger partial charge on any atom is 0.418 e. The summed E-state index contributed by atoms with van der Waals surface area (Å²) < 4.78 is 39.2. The zero-order valence-electron chi connectivity index (χ0n) is 12.4. The number of rotatable bonds is 4. The van der Waals surface area contributed by atoms with Crippen molar-refractivity contribution < 1.29 is 13.2 Å². The molecule has 1 aliphatic carbocycles. The van der Waals surface area contributed by atoms with E-state index in [0.29, 0.717) is 6.54 Å². The number of halogens is 3. The van der Waals surface area contributed by atoms with Gasteiger partial charge in [0.1, 0.15) is 0 Å². The molecule has 0 radical (unpaired) electrons. The monoisotopic (exact) mass is 301 g/mol. The Labute approximate surface area is 123 Å². The summed E-state index contributed by atoms with van der Waals surface area (Å²) in [7, 11) is 3.97. The number of nitrogens with two attached hydrogens (primary N) is 1. The Morgan fingerprint density at radius 1 is 1.24 bits per heavy atom. The van der Waals surface area contributed by atoms with Crippen LogP contribution in [0.25, 0.3) is 0 Å². The predicted molar refractivity (Wildman–Crippen MR) is 79.2 cm³/mol. The van der Waals surface area contributed by atoms with Crippen LogP contribution in [0.2, 0.25) is 0 Å². The molecular weight excluding hydrogens is 279 g/mol. The van der Waals surface area contributed by atoms with Crippen molar-refractivity contribution in [2.45, 2.75) is 37.4 Å². The molecule has 118 valence electrons. The number of hydrogen-bond acceptors (Lipinski definition) is 3. The lowest BCUT2D eigenvalue weighted by Crippen LogP contribution is -2.47.